The molecule has 200 valence electrons. The summed E-state index contributed by atoms with van der Waals surface area (Å²) in [5, 5.41) is 9.60. The first-order chi connectivity index (χ1) is 19.0. The molecule has 5 rings (SSSR count). The van der Waals surface area contributed by atoms with Crippen molar-refractivity contribution in [2.75, 3.05) is 6.61 Å². The van der Waals surface area contributed by atoms with Crippen molar-refractivity contribution in [2.45, 2.75) is 52.6 Å². The van der Waals surface area contributed by atoms with E-state index in [2.05, 4.69) is 52.2 Å². The van der Waals surface area contributed by atoms with Crippen LogP contribution >= 0.6 is 0 Å². The number of hydrogen-bond acceptors (Lipinski definition) is 4. The molecule has 0 spiro atoms. The van der Waals surface area contributed by atoms with Gasteiger partial charge >= 0.3 is 5.97 Å². The third-order valence-electron chi connectivity index (χ3n) is 7.03. The van der Waals surface area contributed by atoms with E-state index >= 15 is 0 Å². The largest absolute Gasteiger partial charge is 0.491 e. The van der Waals surface area contributed by atoms with Gasteiger partial charge < -0.3 is 19.0 Å². The van der Waals surface area contributed by atoms with Gasteiger partial charge in [-0.1, -0.05) is 61.9 Å². The first-order valence-corrected chi connectivity index (χ1v) is 13.5. The zero-order chi connectivity index (χ0) is 27.2. The fourth-order valence-electron chi connectivity index (χ4n) is 4.94. The monoisotopic (exact) mass is 522 g/mol. The number of imidazole rings is 2. The highest BCUT2D eigenvalue weighted by atomic mass is 16.5. The Kier molecular flexibility index (Phi) is 8.06. The van der Waals surface area contributed by atoms with Crippen LogP contribution in [0.4, 0.5) is 0 Å². The third-order valence-corrected chi connectivity index (χ3v) is 7.03. The summed E-state index contributed by atoms with van der Waals surface area (Å²) >= 11 is 0. The zero-order valence-corrected chi connectivity index (χ0v) is 22.5. The number of carbonyl (C=O) groups is 1. The maximum absolute atomic E-state index is 11.7. The van der Waals surface area contributed by atoms with Gasteiger partial charge in [0.05, 0.1) is 24.0 Å². The molecule has 0 amide bonds. The Morgan fingerprint density at radius 2 is 1.85 bits per heavy atom. The van der Waals surface area contributed by atoms with Crippen LogP contribution in [0, 0.1) is 6.92 Å². The summed E-state index contributed by atoms with van der Waals surface area (Å²) in [5.41, 5.74) is 6.18. The smallest absolute Gasteiger partial charge is 0.336 e. The van der Waals surface area contributed by atoms with Gasteiger partial charge in [-0.3, -0.25) is 0 Å². The van der Waals surface area contributed by atoms with Crippen LogP contribution in [-0.2, 0) is 19.5 Å². The first kappa shape index (κ1) is 26.2. The van der Waals surface area contributed by atoms with Gasteiger partial charge in [-0.05, 0) is 54.2 Å². The molecule has 0 saturated heterocycles. The molecular formula is C32H34N4O3. The number of aromatic nitrogens is 4. The lowest BCUT2D eigenvalue weighted by atomic mass is 9.98. The van der Waals surface area contributed by atoms with Crippen molar-refractivity contribution in [3.63, 3.8) is 0 Å². The molecule has 0 radical (unpaired) electrons. The van der Waals surface area contributed by atoms with Crippen LogP contribution < -0.4 is 4.74 Å². The molecule has 0 saturated carbocycles. The second-order valence-corrected chi connectivity index (χ2v) is 9.85. The predicted octanol–water partition coefficient (Wildman–Crippen LogP) is 6.77. The first-order valence-electron chi connectivity index (χ1n) is 13.5. The number of unbranched alkanes of at least 4 members (excludes halogenated alkanes) is 1. The normalized spacial score (nSPS) is 11.2. The topological polar surface area (TPSA) is 82.2 Å². The van der Waals surface area contributed by atoms with Crippen molar-refractivity contribution in [1.29, 1.82) is 0 Å². The van der Waals surface area contributed by atoms with E-state index < -0.39 is 5.97 Å². The minimum atomic E-state index is -0.923. The fourth-order valence-corrected chi connectivity index (χ4v) is 4.94. The molecule has 0 unspecified atom stereocenters. The summed E-state index contributed by atoms with van der Waals surface area (Å²) in [6.07, 6.45) is 9.51. The Bertz CT molecular complexity index is 1550. The maximum atomic E-state index is 11.7. The molecule has 2 heterocycles. The standard InChI is InChI=1S/C32H34N4O3/c1-3-4-10-29-34-30-23(2)11-16-28(39-20-7-18-35-19-17-33-22-35)31(30)36(29)21-24-12-14-25(15-13-24)26-8-5-6-9-27(26)32(37)38/h5-6,8-9,11-17,19,22H,3-4,7,10,18,20-21H2,1-2H3,(H,37,38). The van der Waals surface area contributed by atoms with Gasteiger partial charge in [-0.15, -0.1) is 0 Å². The minimum absolute atomic E-state index is 0.304. The predicted molar refractivity (Wildman–Crippen MR) is 153 cm³/mol. The number of aromatic carboxylic acids is 1. The second kappa shape index (κ2) is 12.0. The average molecular weight is 523 g/mol. The van der Waals surface area contributed by atoms with E-state index in [9.17, 15) is 9.90 Å². The summed E-state index contributed by atoms with van der Waals surface area (Å²) < 4.78 is 10.7. The second-order valence-electron chi connectivity index (χ2n) is 9.85. The van der Waals surface area contributed by atoms with Crippen LogP contribution in [0.25, 0.3) is 22.2 Å². The average Bonchev–Trinajstić information content (AvgIpc) is 3.60. The highest BCUT2D eigenvalue weighted by Gasteiger charge is 2.18. The number of fused-ring (bicyclic) bond motifs is 1. The molecule has 2 aromatic heterocycles. The van der Waals surface area contributed by atoms with Crippen molar-refractivity contribution in [1.82, 2.24) is 19.1 Å². The summed E-state index contributed by atoms with van der Waals surface area (Å²) in [5.74, 6) is 0.987. The van der Waals surface area contributed by atoms with Crippen molar-refractivity contribution in [2.24, 2.45) is 0 Å². The number of nitrogens with zero attached hydrogens (tertiary/aromatic N) is 4. The molecule has 39 heavy (non-hydrogen) atoms. The third kappa shape index (κ3) is 5.87. The lowest BCUT2D eigenvalue weighted by Gasteiger charge is -2.14. The Morgan fingerprint density at radius 3 is 2.59 bits per heavy atom. The lowest BCUT2D eigenvalue weighted by Crippen LogP contribution is -2.08. The minimum Gasteiger partial charge on any atom is -0.491 e. The number of rotatable bonds is 12. The molecule has 0 fully saturated rings. The van der Waals surface area contributed by atoms with Gasteiger partial charge in [0.1, 0.15) is 17.1 Å². The van der Waals surface area contributed by atoms with E-state index in [4.69, 9.17) is 9.72 Å². The quantitative estimate of drug-likeness (QED) is 0.183. The summed E-state index contributed by atoms with van der Waals surface area (Å²) in [7, 11) is 0. The van der Waals surface area contributed by atoms with Crippen LogP contribution in [0.3, 0.4) is 0 Å². The number of aryl methyl sites for hydroxylation is 3. The zero-order valence-electron chi connectivity index (χ0n) is 22.5. The lowest BCUT2D eigenvalue weighted by molar-refractivity contribution is 0.0697. The SMILES string of the molecule is CCCCc1nc2c(C)ccc(OCCCn3ccnc3)c2n1Cc1ccc(-c2ccccc2C(=O)O)cc1. The van der Waals surface area contributed by atoms with Crippen molar-refractivity contribution in [3.05, 3.63) is 102 Å². The molecular weight excluding hydrogens is 488 g/mol. The van der Waals surface area contributed by atoms with Crippen molar-refractivity contribution < 1.29 is 14.6 Å². The molecule has 7 nitrogen and oxygen atoms in total. The molecule has 5 aromatic rings. The van der Waals surface area contributed by atoms with Gasteiger partial charge in [0.25, 0.3) is 0 Å². The van der Waals surface area contributed by atoms with Gasteiger partial charge in [-0.25, -0.2) is 14.8 Å². The fraction of sp³-hybridized carbons (Fsp3) is 0.281. The van der Waals surface area contributed by atoms with Gasteiger partial charge in [0.15, 0.2) is 0 Å². The van der Waals surface area contributed by atoms with Crippen molar-refractivity contribution in [3.8, 4) is 16.9 Å². The number of benzene rings is 3. The van der Waals surface area contributed by atoms with Crippen LogP contribution in [0.15, 0.2) is 79.4 Å². The highest BCUT2D eigenvalue weighted by Crippen LogP contribution is 2.32. The molecule has 1 N–H and O–H groups in total. The van der Waals surface area contributed by atoms with E-state index in [0.29, 0.717) is 18.7 Å². The maximum Gasteiger partial charge on any atom is 0.336 e. The molecule has 3 aromatic carbocycles. The Hall–Kier alpha value is -4.39. The van der Waals surface area contributed by atoms with E-state index in [-0.39, 0.29) is 0 Å². The summed E-state index contributed by atoms with van der Waals surface area (Å²) in [4.78, 5) is 20.9. The molecule has 0 aliphatic heterocycles. The van der Waals surface area contributed by atoms with Gasteiger partial charge in [0.2, 0.25) is 0 Å². The number of carboxylic acids is 1. The van der Waals surface area contributed by atoms with E-state index in [1.807, 2.05) is 36.8 Å². The molecule has 0 atom stereocenters. The van der Waals surface area contributed by atoms with Gasteiger partial charge in [-0.2, -0.15) is 0 Å². The molecule has 0 aliphatic rings. The number of ether oxygens (including phenoxy) is 1. The Labute approximate surface area is 228 Å². The van der Waals surface area contributed by atoms with Crippen LogP contribution in [0.1, 0.15) is 53.5 Å². The molecule has 0 aliphatic carbocycles. The Morgan fingerprint density at radius 1 is 1.03 bits per heavy atom. The molecule has 0 bridgehead atoms. The van der Waals surface area contributed by atoms with Crippen LogP contribution in [0.5, 0.6) is 5.75 Å². The van der Waals surface area contributed by atoms with Crippen molar-refractivity contribution >= 4 is 17.0 Å². The van der Waals surface area contributed by atoms with Crippen LogP contribution in [0.2, 0.25) is 0 Å². The van der Waals surface area contributed by atoms with Gasteiger partial charge in [0, 0.05) is 31.9 Å². The Balaban J connectivity index is 1.44. The summed E-state index contributed by atoms with van der Waals surface area (Å²) in [6.45, 7) is 6.41. The number of hydrogen-bond donors (Lipinski definition) is 1. The van der Waals surface area contributed by atoms with E-state index in [1.165, 1.54) is 0 Å². The summed E-state index contributed by atoms with van der Waals surface area (Å²) in [6, 6.07) is 19.4. The van der Waals surface area contributed by atoms with Crippen LogP contribution in [-0.4, -0.2) is 36.8 Å². The molecule has 7 heteroatoms. The van der Waals surface area contributed by atoms with E-state index in [1.54, 1.807) is 18.3 Å². The van der Waals surface area contributed by atoms with E-state index in [0.717, 1.165) is 77.1 Å². The number of carboxylic acid groups (broad SMARTS) is 1. The highest BCUT2D eigenvalue weighted by molar-refractivity contribution is 5.96.